The molecule has 2 bridgehead atoms. The Labute approximate surface area is 138 Å². The topological polar surface area (TPSA) is 36.8 Å². The summed E-state index contributed by atoms with van der Waals surface area (Å²) >= 11 is 3.52. The Kier molecular flexibility index (Phi) is 3.50. The Balaban J connectivity index is 1.55. The van der Waals surface area contributed by atoms with Crippen molar-refractivity contribution >= 4 is 27.4 Å². The van der Waals surface area contributed by atoms with Crippen LogP contribution in [-0.4, -0.2) is 40.4 Å². The van der Waals surface area contributed by atoms with Gasteiger partial charge in [-0.3, -0.25) is 4.79 Å². The summed E-state index contributed by atoms with van der Waals surface area (Å²) in [6, 6.07) is 9.41. The molecule has 2 atom stereocenters. The number of hydrogen-bond acceptors (Lipinski definition) is 2. The number of piperidine rings is 1. The average Bonchev–Trinajstić information content (AvgIpc) is 2.93. The number of pyridine rings is 1. The molecule has 4 heterocycles. The number of halogens is 1. The van der Waals surface area contributed by atoms with E-state index in [-0.39, 0.29) is 5.91 Å². The van der Waals surface area contributed by atoms with Crippen LogP contribution in [0.4, 0.5) is 0 Å². The summed E-state index contributed by atoms with van der Waals surface area (Å²) in [7, 11) is 2.22. The summed E-state index contributed by atoms with van der Waals surface area (Å²) in [4.78, 5) is 15.2. The number of rotatable bonds is 2. The largest absolute Gasteiger partial charge is 0.349 e. The second-order valence-electron chi connectivity index (χ2n) is 6.53. The molecule has 4 rings (SSSR count). The molecule has 2 aromatic heterocycles. The highest BCUT2D eigenvalue weighted by Crippen LogP contribution is 2.34. The highest BCUT2D eigenvalue weighted by molar-refractivity contribution is 9.10. The van der Waals surface area contributed by atoms with Crippen molar-refractivity contribution in [3.8, 4) is 0 Å². The number of fused-ring (bicyclic) bond motifs is 3. The highest BCUT2D eigenvalue weighted by atomic mass is 79.9. The fourth-order valence-electron chi connectivity index (χ4n) is 4.09. The van der Waals surface area contributed by atoms with Crippen LogP contribution < -0.4 is 5.32 Å². The van der Waals surface area contributed by atoms with Crippen molar-refractivity contribution < 1.29 is 4.79 Å². The number of amides is 1. The summed E-state index contributed by atoms with van der Waals surface area (Å²) in [5.74, 6) is 0.0448. The zero-order valence-electron chi connectivity index (χ0n) is 12.6. The second-order valence-corrected chi connectivity index (χ2v) is 7.34. The Morgan fingerprint density at radius 3 is 2.73 bits per heavy atom. The lowest BCUT2D eigenvalue weighted by atomic mass is 9.97. The van der Waals surface area contributed by atoms with Gasteiger partial charge in [-0.2, -0.15) is 0 Å². The third-order valence-corrected chi connectivity index (χ3v) is 5.92. The number of hydrogen-bond donors (Lipinski definition) is 1. The third-order valence-electron chi connectivity index (χ3n) is 5.31. The first-order valence-electron chi connectivity index (χ1n) is 7.92. The Bertz CT molecular complexity index is 712. The van der Waals surface area contributed by atoms with Crippen molar-refractivity contribution in [1.82, 2.24) is 14.6 Å². The summed E-state index contributed by atoms with van der Waals surface area (Å²) < 4.78 is 2.91. The van der Waals surface area contributed by atoms with Crippen LogP contribution in [0.5, 0.6) is 0 Å². The third kappa shape index (κ3) is 2.27. The van der Waals surface area contributed by atoms with Gasteiger partial charge in [0.15, 0.2) is 0 Å². The number of carbonyl (C=O) groups is 1. The van der Waals surface area contributed by atoms with E-state index >= 15 is 0 Å². The van der Waals surface area contributed by atoms with Crippen LogP contribution in [0.15, 0.2) is 35.1 Å². The van der Waals surface area contributed by atoms with Crippen molar-refractivity contribution in [2.24, 2.45) is 0 Å². The molecule has 0 aliphatic carbocycles. The molecule has 0 radical (unpaired) electrons. The molecule has 0 saturated carbocycles. The van der Waals surface area contributed by atoms with E-state index in [0.29, 0.717) is 18.1 Å². The molecule has 0 aromatic carbocycles. The first-order valence-corrected chi connectivity index (χ1v) is 8.71. The highest BCUT2D eigenvalue weighted by Gasteiger charge is 2.38. The Hall–Kier alpha value is -1.33. The van der Waals surface area contributed by atoms with Crippen LogP contribution in [0, 0.1) is 0 Å². The maximum Gasteiger partial charge on any atom is 0.253 e. The second kappa shape index (κ2) is 5.39. The molecule has 1 N–H and O–H groups in total. The van der Waals surface area contributed by atoms with Gasteiger partial charge >= 0.3 is 0 Å². The predicted molar refractivity (Wildman–Crippen MR) is 90.2 cm³/mol. The van der Waals surface area contributed by atoms with Crippen LogP contribution in [0.1, 0.15) is 36.0 Å². The van der Waals surface area contributed by atoms with Gasteiger partial charge in [-0.05, 0) is 66.9 Å². The zero-order chi connectivity index (χ0) is 15.3. The molecule has 2 fully saturated rings. The maximum atomic E-state index is 12.7. The fraction of sp³-hybridized carbons (Fsp3) is 0.471. The molecule has 2 aliphatic rings. The molecule has 116 valence electrons. The number of nitrogens with one attached hydrogen (secondary N) is 1. The Morgan fingerprint density at radius 2 is 2.00 bits per heavy atom. The SMILES string of the molecule is CN1C2CCC1CC(NC(=O)c1cc(Br)n3ccccc13)C2. The van der Waals surface area contributed by atoms with Gasteiger partial charge in [-0.15, -0.1) is 0 Å². The van der Waals surface area contributed by atoms with E-state index in [2.05, 4.69) is 33.2 Å². The van der Waals surface area contributed by atoms with Gasteiger partial charge in [0, 0.05) is 24.3 Å². The molecule has 2 aromatic rings. The van der Waals surface area contributed by atoms with Crippen LogP contribution in [-0.2, 0) is 0 Å². The molecular weight excluding hydrogens is 342 g/mol. The Morgan fingerprint density at radius 1 is 1.27 bits per heavy atom. The average molecular weight is 362 g/mol. The summed E-state index contributed by atoms with van der Waals surface area (Å²) in [5, 5.41) is 3.26. The summed E-state index contributed by atoms with van der Waals surface area (Å²) in [5.41, 5.74) is 1.70. The maximum absolute atomic E-state index is 12.7. The molecule has 2 aliphatic heterocycles. The zero-order valence-corrected chi connectivity index (χ0v) is 14.2. The lowest BCUT2D eigenvalue weighted by Gasteiger charge is -2.36. The summed E-state index contributed by atoms with van der Waals surface area (Å²) in [6.07, 6.45) is 6.66. The first kappa shape index (κ1) is 14.3. The van der Waals surface area contributed by atoms with Crippen LogP contribution in [0.25, 0.3) is 5.52 Å². The summed E-state index contributed by atoms with van der Waals surface area (Å²) in [6.45, 7) is 0. The van der Waals surface area contributed by atoms with E-state index in [0.717, 1.165) is 28.5 Å². The van der Waals surface area contributed by atoms with Crippen LogP contribution in [0.2, 0.25) is 0 Å². The van der Waals surface area contributed by atoms with Crippen molar-refractivity contribution in [1.29, 1.82) is 0 Å². The van der Waals surface area contributed by atoms with Crippen molar-refractivity contribution in [3.63, 3.8) is 0 Å². The minimum Gasteiger partial charge on any atom is -0.349 e. The smallest absolute Gasteiger partial charge is 0.253 e. The van der Waals surface area contributed by atoms with E-state index < -0.39 is 0 Å². The quantitative estimate of drug-likeness (QED) is 0.892. The minimum absolute atomic E-state index is 0.0448. The van der Waals surface area contributed by atoms with Gasteiger partial charge in [0.05, 0.1) is 15.7 Å². The van der Waals surface area contributed by atoms with E-state index in [1.54, 1.807) is 0 Å². The normalized spacial score (nSPS) is 28.2. The van der Waals surface area contributed by atoms with E-state index in [1.807, 2.05) is 34.9 Å². The predicted octanol–water partition coefficient (Wildman–Crippen LogP) is 3.06. The lowest BCUT2D eigenvalue weighted by molar-refractivity contribution is 0.0884. The molecule has 5 heteroatoms. The monoisotopic (exact) mass is 361 g/mol. The van der Waals surface area contributed by atoms with Gasteiger partial charge in [0.2, 0.25) is 0 Å². The van der Waals surface area contributed by atoms with Crippen LogP contribution >= 0.6 is 15.9 Å². The van der Waals surface area contributed by atoms with Gasteiger partial charge in [-0.1, -0.05) is 6.07 Å². The molecular formula is C17H20BrN3O. The number of nitrogens with zero attached hydrogens (tertiary/aromatic N) is 2. The van der Waals surface area contributed by atoms with E-state index in [4.69, 9.17) is 0 Å². The van der Waals surface area contributed by atoms with Crippen LogP contribution in [0.3, 0.4) is 0 Å². The van der Waals surface area contributed by atoms with Gasteiger partial charge < -0.3 is 14.6 Å². The van der Waals surface area contributed by atoms with Crippen molar-refractivity contribution in [2.45, 2.75) is 43.8 Å². The lowest BCUT2D eigenvalue weighted by Crippen LogP contribution is -2.48. The fourth-order valence-corrected chi connectivity index (χ4v) is 4.62. The van der Waals surface area contributed by atoms with E-state index in [9.17, 15) is 4.79 Å². The number of aromatic nitrogens is 1. The molecule has 0 spiro atoms. The van der Waals surface area contributed by atoms with Gasteiger partial charge in [0.25, 0.3) is 5.91 Å². The first-order chi connectivity index (χ1) is 10.6. The molecule has 2 saturated heterocycles. The van der Waals surface area contributed by atoms with Crippen molar-refractivity contribution in [3.05, 3.63) is 40.6 Å². The van der Waals surface area contributed by atoms with Crippen molar-refractivity contribution in [2.75, 3.05) is 7.05 Å². The number of carbonyl (C=O) groups excluding carboxylic acids is 1. The minimum atomic E-state index is 0.0448. The standard InChI is InChI=1S/C17H20BrN3O/c1-20-12-5-6-13(20)9-11(8-12)19-17(22)14-10-16(18)21-7-3-2-4-15(14)21/h2-4,7,10-13H,5-6,8-9H2,1H3,(H,19,22). The molecule has 4 nitrogen and oxygen atoms in total. The van der Waals surface area contributed by atoms with Gasteiger partial charge in [0.1, 0.15) is 0 Å². The molecule has 22 heavy (non-hydrogen) atoms. The molecule has 1 amide bonds. The molecule has 2 unspecified atom stereocenters. The van der Waals surface area contributed by atoms with Gasteiger partial charge in [-0.25, -0.2) is 0 Å². The van der Waals surface area contributed by atoms with E-state index in [1.165, 1.54) is 12.8 Å².